The van der Waals surface area contributed by atoms with E-state index in [0.717, 1.165) is 12.8 Å². The van der Waals surface area contributed by atoms with E-state index < -0.39 is 5.60 Å². The molecule has 1 aliphatic heterocycles. The molecule has 0 saturated carbocycles. The molecule has 1 saturated heterocycles. The number of ether oxygens (including phenoxy) is 2. The van der Waals surface area contributed by atoms with Gasteiger partial charge in [-0.3, -0.25) is 0 Å². The van der Waals surface area contributed by atoms with E-state index >= 15 is 0 Å². The van der Waals surface area contributed by atoms with Crippen LogP contribution in [0.2, 0.25) is 0 Å². The van der Waals surface area contributed by atoms with E-state index in [2.05, 4.69) is 0 Å². The molecule has 1 fully saturated rings. The molecular formula is C15H25NO4. The van der Waals surface area contributed by atoms with Gasteiger partial charge in [-0.05, 0) is 47.5 Å². The van der Waals surface area contributed by atoms with Gasteiger partial charge in [0.2, 0.25) is 0 Å². The molecule has 1 amide bonds. The second-order valence-electron chi connectivity index (χ2n) is 5.95. The van der Waals surface area contributed by atoms with E-state index in [4.69, 9.17) is 9.47 Å². The Hall–Kier alpha value is -1.52. The van der Waals surface area contributed by atoms with Crippen molar-refractivity contribution < 1.29 is 19.1 Å². The molecule has 1 heterocycles. The van der Waals surface area contributed by atoms with E-state index in [1.807, 2.05) is 20.8 Å². The molecule has 0 aliphatic carbocycles. The number of hydrogen-bond donors (Lipinski definition) is 0. The summed E-state index contributed by atoms with van der Waals surface area (Å²) < 4.78 is 10.3. The fourth-order valence-electron chi connectivity index (χ4n) is 2.11. The van der Waals surface area contributed by atoms with Gasteiger partial charge in [0.05, 0.1) is 12.6 Å². The Bertz CT molecular complexity index is 395. The summed E-state index contributed by atoms with van der Waals surface area (Å²) in [6.45, 7) is 10.0. The summed E-state index contributed by atoms with van der Waals surface area (Å²) in [5.74, 6) is -0.330. The van der Waals surface area contributed by atoms with E-state index in [-0.39, 0.29) is 18.1 Å². The maximum atomic E-state index is 12.1. The number of nitrogens with zero attached hydrogens (tertiary/aromatic N) is 1. The Morgan fingerprint density at radius 3 is 2.55 bits per heavy atom. The maximum Gasteiger partial charge on any atom is 0.410 e. The second kappa shape index (κ2) is 6.77. The molecule has 0 N–H and O–H groups in total. The van der Waals surface area contributed by atoms with E-state index in [1.165, 1.54) is 0 Å². The second-order valence-corrected chi connectivity index (χ2v) is 5.95. The highest BCUT2D eigenvalue weighted by Crippen LogP contribution is 2.22. The minimum Gasteiger partial charge on any atom is -0.463 e. The predicted molar refractivity (Wildman–Crippen MR) is 76.4 cm³/mol. The summed E-state index contributed by atoms with van der Waals surface area (Å²) in [4.78, 5) is 25.4. The van der Waals surface area contributed by atoms with Crippen LogP contribution < -0.4 is 0 Å². The lowest BCUT2D eigenvalue weighted by atomic mass is 10.1. The SMILES string of the molecule is CCOC(=O)/C(C)=C/C1CCCN1C(=O)OC(C)(C)C. The molecule has 1 unspecified atom stereocenters. The summed E-state index contributed by atoms with van der Waals surface area (Å²) in [5, 5.41) is 0. The minimum atomic E-state index is -0.510. The fraction of sp³-hybridized carbons (Fsp3) is 0.733. The van der Waals surface area contributed by atoms with Gasteiger partial charge in [-0.1, -0.05) is 6.08 Å². The van der Waals surface area contributed by atoms with Crippen molar-refractivity contribution in [3.8, 4) is 0 Å². The van der Waals surface area contributed by atoms with Gasteiger partial charge in [-0.25, -0.2) is 9.59 Å². The van der Waals surface area contributed by atoms with Gasteiger partial charge in [0.15, 0.2) is 0 Å². The van der Waals surface area contributed by atoms with Crippen molar-refractivity contribution in [2.24, 2.45) is 0 Å². The van der Waals surface area contributed by atoms with Gasteiger partial charge in [0.1, 0.15) is 5.60 Å². The largest absolute Gasteiger partial charge is 0.463 e. The number of carbonyl (C=O) groups excluding carboxylic acids is 2. The number of likely N-dealkylation sites (tertiary alicyclic amines) is 1. The molecule has 5 heteroatoms. The fourth-order valence-corrected chi connectivity index (χ4v) is 2.11. The highest BCUT2D eigenvalue weighted by atomic mass is 16.6. The van der Waals surface area contributed by atoms with Crippen LogP contribution in [0.4, 0.5) is 4.79 Å². The summed E-state index contributed by atoms with van der Waals surface area (Å²) in [7, 11) is 0. The van der Waals surface area contributed by atoms with Gasteiger partial charge < -0.3 is 14.4 Å². The van der Waals surface area contributed by atoms with Crippen LogP contribution in [0, 0.1) is 0 Å². The van der Waals surface area contributed by atoms with Crippen molar-refractivity contribution in [1.82, 2.24) is 4.90 Å². The third-order valence-corrected chi connectivity index (χ3v) is 2.97. The van der Waals surface area contributed by atoms with Crippen LogP contribution in [0.1, 0.15) is 47.5 Å². The summed E-state index contributed by atoms with van der Waals surface area (Å²) >= 11 is 0. The van der Waals surface area contributed by atoms with Crippen molar-refractivity contribution in [2.75, 3.05) is 13.2 Å². The predicted octanol–water partition coefficient (Wildman–Crippen LogP) is 2.90. The topological polar surface area (TPSA) is 55.8 Å². The number of rotatable bonds is 3. The van der Waals surface area contributed by atoms with Crippen molar-refractivity contribution in [3.63, 3.8) is 0 Å². The van der Waals surface area contributed by atoms with Crippen molar-refractivity contribution in [3.05, 3.63) is 11.6 Å². The quantitative estimate of drug-likeness (QED) is 0.590. The first-order valence-corrected chi connectivity index (χ1v) is 7.09. The number of amides is 1. The van der Waals surface area contributed by atoms with Crippen LogP contribution in [-0.2, 0) is 14.3 Å². The third-order valence-electron chi connectivity index (χ3n) is 2.97. The van der Waals surface area contributed by atoms with Crippen LogP contribution in [0.25, 0.3) is 0 Å². The smallest absolute Gasteiger partial charge is 0.410 e. The Kier molecular flexibility index (Phi) is 5.60. The molecule has 20 heavy (non-hydrogen) atoms. The molecule has 0 radical (unpaired) electrons. The van der Waals surface area contributed by atoms with Crippen molar-refractivity contribution >= 4 is 12.1 Å². The first-order chi connectivity index (χ1) is 9.24. The van der Waals surface area contributed by atoms with E-state index in [1.54, 1.807) is 24.8 Å². The van der Waals surface area contributed by atoms with Gasteiger partial charge in [-0.15, -0.1) is 0 Å². The lowest BCUT2D eigenvalue weighted by Crippen LogP contribution is -2.39. The Balaban J connectivity index is 2.72. The highest BCUT2D eigenvalue weighted by Gasteiger charge is 2.31. The molecule has 1 atom stereocenters. The molecule has 0 bridgehead atoms. The number of hydrogen-bond acceptors (Lipinski definition) is 4. The van der Waals surface area contributed by atoms with Crippen LogP contribution >= 0.6 is 0 Å². The standard InChI is InChI=1S/C15H25NO4/c1-6-19-13(17)11(2)10-12-8-7-9-16(12)14(18)20-15(3,4)5/h10,12H,6-9H2,1-5H3/b11-10+. The lowest BCUT2D eigenvalue weighted by molar-refractivity contribution is -0.138. The average molecular weight is 283 g/mol. The zero-order valence-corrected chi connectivity index (χ0v) is 13.1. The summed E-state index contributed by atoms with van der Waals surface area (Å²) in [6, 6.07) is -0.0887. The molecule has 1 rings (SSSR count). The van der Waals surface area contributed by atoms with Crippen molar-refractivity contribution in [1.29, 1.82) is 0 Å². The highest BCUT2D eigenvalue weighted by molar-refractivity contribution is 5.88. The van der Waals surface area contributed by atoms with Gasteiger partial charge in [0, 0.05) is 12.1 Å². The molecule has 0 aromatic rings. The van der Waals surface area contributed by atoms with Crippen LogP contribution in [0.15, 0.2) is 11.6 Å². The van der Waals surface area contributed by atoms with Gasteiger partial charge in [-0.2, -0.15) is 0 Å². The van der Waals surface area contributed by atoms with Gasteiger partial charge in [0.25, 0.3) is 0 Å². The molecular weight excluding hydrogens is 258 g/mol. The molecule has 0 aromatic heterocycles. The lowest BCUT2D eigenvalue weighted by Gasteiger charge is -2.27. The Morgan fingerprint density at radius 1 is 1.35 bits per heavy atom. The molecule has 0 spiro atoms. The summed E-state index contributed by atoms with van der Waals surface area (Å²) in [5.41, 5.74) is 0.0247. The minimum absolute atomic E-state index is 0.0887. The zero-order valence-electron chi connectivity index (χ0n) is 13.1. The maximum absolute atomic E-state index is 12.1. The number of esters is 1. The van der Waals surface area contributed by atoms with Gasteiger partial charge >= 0.3 is 12.1 Å². The third kappa shape index (κ3) is 4.87. The first kappa shape index (κ1) is 16.5. The molecule has 5 nitrogen and oxygen atoms in total. The normalized spacial score (nSPS) is 19.9. The summed E-state index contributed by atoms with van der Waals surface area (Å²) in [6.07, 6.45) is 3.23. The Labute approximate surface area is 120 Å². The van der Waals surface area contributed by atoms with E-state index in [0.29, 0.717) is 18.7 Å². The zero-order chi connectivity index (χ0) is 15.3. The monoisotopic (exact) mass is 283 g/mol. The molecule has 1 aliphatic rings. The van der Waals surface area contributed by atoms with Crippen LogP contribution in [0.5, 0.6) is 0 Å². The van der Waals surface area contributed by atoms with E-state index in [9.17, 15) is 9.59 Å². The molecule has 114 valence electrons. The van der Waals surface area contributed by atoms with Crippen LogP contribution in [-0.4, -0.2) is 41.8 Å². The molecule has 0 aromatic carbocycles. The average Bonchev–Trinajstić information content (AvgIpc) is 2.75. The van der Waals surface area contributed by atoms with Crippen LogP contribution in [0.3, 0.4) is 0 Å². The number of carbonyl (C=O) groups is 2. The first-order valence-electron chi connectivity index (χ1n) is 7.09. The Morgan fingerprint density at radius 2 is 2.00 bits per heavy atom. The van der Waals surface area contributed by atoms with Crippen molar-refractivity contribution in [2.45, 2.75) is 59.1 Å².